The number of fused-ring (bicyclic) bond motifs is 4. The Kier molecular flexibility index (Phi) is 5.32. The number of amides is 3. The average molecular weight is 515 g/mol. The lowest BCUT2D eigenvalue weighted by Gasteiger charge is -2.29. The molecule has 9 nitrogen and oxygen atoms in total. The average Bonchev–Trinajstić information content (AvgIpc) is 3.45. The molecule has 3 heterocycles. The summed E-state index contributed by atoms with van der Waals surface area (Å²) in [5.74, 6) is -4.43. The van der Waals surface area contributed by atoms with E-state index >= 15 is 0 Å². The molecule has 0 aromatic heterocycles. The molecule has 0 aliphatic carbocycles. The van der Waals surface area contributed by atoms with Gasteiger partial charge in [0.05, 0.1) is 17.5 Å². The van der Waals surface area contributed by atoms with Crippen LogP contribution in [0.5, 0.6) is 11.5 Å². The number of phenols is 1. The zero-order valence-corrected chi connectivity index (χ0v) is 20.1. The number of imide groups is 1. The molecular weight excluding hydrogens is 493 g/mol. The van der Waals surface area contributed by atoms with Gasteiger partial charge in [-0.1, -0.05) is 12.1 Å². The van der Waals surface area contributed by atoms with Crippen molar-refractivity contribution in [3.8, 4) is 11.5 Å². The van der Waals surface area contributed by atoms with E-state index in [1.807, 2.05) is 0 Å². The molecule has 10 heteroatoms. The maximum atomic E-state index is 14.4. The summed E-state index contributed by atoms with van der Waals surface area (Å²) >= 11 is 0. The van der Waals surface area contributed by atoms with Gasteiger partial charge < -0.3 is 15.2 Å². The van der Waals surface area contributed by atoms with E-state index in [1.54, 1.807) is 12.1 Å². The molecule has 2 saturated heterocycles. The lowest BCUT2D eigenvalue weighted by atomic mass is 9.76. The predicted octanol–water partition coefficient (Wildman–Crippen LogP) is 2.62. The van der Waals surface area contributed by atoms with Gasteiger partial charge in [0.15, 0.2) is 0 Å². The number of carbonyl (C=O) groups excluding carboxylic acids is 4. The van der Waals surface area contributed by atoms with Crippen molar-refractivity contribution in [2.45, 2.75) is 24.9 Å². The first-order valence-electron chi connectivity index (χ1n) is 12.0. The van der Waals surface area contributed by atoms with Gasteiger partial charge in [0.1, 0.15) is 22.9 Å². The van der Waals surface area contributed by atoms with Crippen LogP contribution in [0.2, 0.25) is 0 Å². The molecule has 3 aliphatic rings. The summed E-state index contributed by atoms with van der Waals surface area (Å²) in [4.78, 5) is 53.7. The third-order valence-electron chi connectivity index (χ3n) is 7.43. The minimum Gasteiger partial charge on any atom is -0.508 e. The number of anilines is 2. The number of carbonyl (C=O) groups is 4. The number of benzene rings is 3. The van der Waals surface area contributed by atoms with Gasteiger partial charge in [-0.15, -0.1) is 0 Å². The third-order valence-corrected chi connectivity index (χ3v) is 7.43. The number of esters is 1. The zero-order valence-electron chi connectivity index (χ0n) is 20.1. The first kappa shape index (κ1) is 23.8. The molecule has 2 fully saturated rings. The van der Waals surface area contributed by atoms with Crippen molar-refractivity contribution in [1.82, 2.24) is 5.32 Å². The molecule has 0 radical (unpaired) electrons. The molecule has 1 spiro atoms. The van der Waals surface area contributed by atoms with Crippen LogP contribution in [-0.2, 0) is 31.1 Å². The van der Waals surface area contributed by atoms with Gasteiger partial charge in [-0.25, -0.2) is 9.29 Å². The number of halogens is 1. The van der Waals surface area contributed by atoms with E-state index in [0.717, 1.165) is 10.5 Å². The summed E-state index contributed by atoms with van der Waals surface area (Å²) in [6.45, 7) is 1.26. The highest BCUT2D eigenvalue weighted by atomic mass is 19.1. The summed E-state index contributed by atoms with van der Waals surface area (Å²) in [5, 5.41) is 15.7. The number of phenolic OH excluding ortho intramolecular Hbond substituents is 1. The standard InChI is InChI=1S/C28H22FN3O6/c1-14(33)38-19-9-5-17(6-10-19)32-25(35)23-22(12-15-2-7-18(34)8-3-15)31-28(24(23)26(32)36)20-13-16(29)4-11-21(20)30-27(28)37/h2-11,13,22-24,31,34H,12H2,1H3,(H,30,37)/t22-,23-,24-,28-/m0/s1. The summed E-state index contributed by atoms with van der Waals surface area (Å²) < 4.78 is 19.5. The summed E-state index contributed by atoms with van der Waals surface area (Å²) in [6, 6.07) is 15.6. The molecule has 38 heavy (non-hydrogen) atoms. The van der Waals surface area contributed by atoms with Crippen LogP contribution in [0.3, 0.4) is 0 Å². The second kappa shape index (κ2) is 8.49. The van der Waals surface area contributed by atoms with Gasteiger partial charge in [0.25, 0.3) is 0 Å². The SMILES string of the molecule is CC(=O)Oc1ccc(N2C(=O)[C@H]3[C@H](Cc4ccc(O)cc4)N[C@]4(C(=O)Nc5ccc(F)cc54)[C@@H]3C2=O)cc1. The molecule has 3 aromatic carbocycles. The minimum atomic E-state index is -1.65. The van der Waals surface area contributed by atoms with Crippen molar-refractivity contribution in [3.63, 3.8) is 0 Å². The Bertz CT molecular complexity index is 1510. The van der Waals surface area contributed by atoms with Crippen LogP contribution in [0.4, 0.5) is 15.8 Å². The Morgan fingerprint density at radius 2 is 1.74 bits per heavy atom. The van der Waals surface area contributed by atoms with Crippen LogP contribution in [0.15, 0.2) is 66.7 Å². The molecule has 4 atom stereocenters. The number of ether oxygens (including phenoxy) is 1. The second-order valence-corrected chi connectivity index (χ2v) is 9.68. The number of rotatable bonds is 4. The van der Waals surface area contributed by atoms with Crippen molar-refractivity contribution in [3.05, 3.63) is 83.7 Å². The molecule has 0 bridgehead atoms. The first-order valence-corrected chi connectivity index (χ1v) is 12.0. The summed E-state index contributed by atoms with van der Waals surface area (Å²) in [5.41, 5.74) is 0.0412. The van der Waals surface area contributed by atoms with Crippen LogP contribution in [0.1, 0.15) is 18.1 Å². The Balaban J connectivity index is 1.45. The fourth-order valence-electron chi connectivity index (χ4n) is 5.92. The maximum absolute atomic E-state index is 14.4. The van der Waals surface area contributed by atoms with Crippen molar-refractivity contribution >= 4 is 35.1 Å². The fraction of sp³-hybridized carbons (Fsp3) is 0.214. The van der Waals surface area contributed by atoms with E-state index in [2.05, 4.69) is 10.6 Å². The van der Waals surface area contributed by atoms with Crippen LogP contribution in [0.25, 0.3) is 0 Å². The fourth-order valence-corrected chi connectivity index (χ4v) is 5.92. The van der Waals surface area contributed by atoms with E-state index in [-0.39, 0.29) is 29.2 Å². The number of nitrogens with zero attached hydrogens (tertiary/aromatic N) is 1. The molecule has 3 aromatic rings. The van der Waals surface area contributed by atoms with E-state index in [4.69, 9.17) is 4.74 Å². The molecule has 0 unspecified atom stereocenters. The highest BCUT2D eigenvalue weighted by Crippen LogP contribution is 2.54. The van der Waals surface area contributed by atoms with Gasteiger partial charge in [0.2, 0.25) is 17.7 Å². The molecule has 3 N–H and O–H groups in total. The van der Waals surface area contributed by atoms with Gasteiger partial charge in [-0.3, -0.25) is 24.5 Å². The molecule has 6 rings (SSSR count). The first-order chi connectivity index (χ1) is 18.2. The van der Waals surface area contributed by atoms with Crippen LogP contribution in [-0.4, -0.2) is 34.8 Å². The lowest BCUT2D eigenvalue weighted by molar-refractivity contribution is -0.132. The molecule has 3 amide bonds. The van der Waals surface area contributed by atoms with Crippen molar-refractivity contribution in [2.24, 2.45) is 11.8 Å². The summed E-state index contributed by atoms with van der Waals surface area (Å²) in [6.07, 6.45) is 0.277. The number of nitrogens with one attached hydrogen (secondary N) is 2. The number of hydrogen-bond acceptors (Lipinski definition) is 7. The Morgan fingerprint density at radius 3 is 2.42 bits per heavy atom. The molecule has 192 valence electrons. The largest absolute Gasteiger partial charge is 0.508 e. The number of hydrogen-bond donors (Lipinski definition) is 3. The monoisotopic (exact) mass is 515 g/mol. The van der Waals surface area contributed by atoms with Crippen molar-refractivity contribution < 1.29 is 33.4 Å². The third kappa shape index (κ3) is 3.48. The Morgan fingerprint density at radius 1 is 1.03 bits per heavy atom. The van der Waals surface area contributed by atoms with Gasteiger partial charge >= 0.3 is 5.97 Å². The summed E-state index contributed by atoms with van der Waals surface area (Å²) in [7, 11) is 0. The van der Waals surface area contributed by atoms with E-state index in [0.29, 0.717) is 5.69 Å². The molecular formula is C28H22FN3O6. The lowest BCUT2D eigenvalue weighted by Crippen LogP contribution is -2.53. The quantitative estimate of drug-likeness (QED) is 0.277. The zero-order chi connectivity index (χ0) is 26.8. The highest BCUT2D eigenvalue weighted by Gasteiger charge is 2.70. The number of aromatic hydroxyl groups is 1. The van der Waals surface area contributed by atoms with E-state index < -0.39 is 52.9 Å². The Labute approximate surface area is 216 Å². The van der Waals surface area contributed by atoms with E-state index in [1.165, 1.54) is 61.5 Å². The van der Waals surface area contributed by atoms with Gasteiger partial charge in [0, 0.05) is 24.2 Å². The highest BCUT2D eigenvalue weighted by molar-refractivity contribution is 6.25. The van der Waals surface area contributed by atoms with Crippen molar-refractivity contribution in [2.75, 3.05) is 10.2 Å². The predicted molar refractivity (Wildman–Crippen MR) is 133 cm³/mol. The van der Waals surface area contributed by atoms with Crippen LogP contribution < -0.4 is 20.3 Å². The molecule has 0 saturated carbocycles. The molecule has 3 aliphatic heterocycles. The van der Waals surface area contributed by atoms with Crippen LogP contribution in [0, 0.1) is 17.7 Å². The second-order valence-electron chi connectivity index (χ2n) is 9.68. The Hall–Kier alpha value is -4.57. The van der Waals surface area contributed by atoms with Crippen molar-refractivity contribution in [1.29, 1.82) is 0 Å². The van der Waals surface area contributed by atoms with Crippen LogP contribution >= 0.6 is 0 Å². The topological polar surface area (TPSA) is 125 Å². The minimum absolute atomic E-state index is 0.0811. The smallest absolute Gasteiger partial charge is 0.308 e. The van der Waals surface area contributed by atoms with E-state index in [9.17, 15) is 28.7 Å². The van der Waals surface area contributed by atoms with Gasteiger partial charge in [-0.05, 0) is 66.6 Å². The van der Waals surface area contributed by atoms with Gasteiger partial charge in [-0.2, -0.15) is 0 Å². The normalized spacial score (nSPS) is 25.5. The maximum Gasteiger partial charge on any atom is 0.308 e.